The summed E-state index contributed by atoms with van der Waals surface area (Å²) in [4.78, 5) is 9.98. The van der Waals surface area contributed by atoms with Crippen molar-refractivity contribution < 1.29 is 39.5 Å². The van der Waals surface area contributed by atoms with Crippen molar-refractivity contribution in [2.75, 3.05) is 0 Å². The molecule has 0 saturated carbocycles. The van der Waals surface area contributed by atoms with Crippen LogP contribution < -0.4 is 40.4 Å². The number of nitrogens with two attached hydrogens (primary N) is 1. The molecule has 0 spiro atoms. The van der Waals surface area contributed by atoms with Gasteiger partial charge in [0.25, 0.3) is 5.79 Å². The summed E-state index contributed by atoms with van der Waals surface area (Å²) in [5.41, 5.74) is 4.92. The smallest absolute Gasteiger partial charge is 0.544 e. The fourth-order valence-corrected chi connectivity index (χ4v) is 0.278. The monoisotopic (exact) mass is 151 g/mol. The maximum Gasteiger partial charge on any atom is 1.00 e. The van der Waals surface area contributed by atoms with E-state index in [9.17, 15) is 9.90 Å². The minimum absolute atomic E-state index is 0. The van der Waals surface area contributed by atoms with E-state index < -0.39 is 11.8 Å². The summed E-state index contributed by atoms with van der Waals surface area (Å²) in [6.45, 7) is 0. The molecule has 0 amide bonds. The van der Waals surface area contributed by atoms with Crippen molar-refractivity contribution >= 4 is 5.97 Å². The maximum absolute atomic E-state index is 9.98. The molecule has 0 unspecified atom stereocenters. The van der Waals surface area contributed by atoms with Crippen LogP contribution in [0.2, 0.25) is 0 Å². The number of carboxylic acid groups (broad SMARTS) is 1. The normalized spacial score (nSPS) is 18.5. The molecule has 0 fully saturated rings. The van der Waals surface area contributed by atoms with Gasteiger partial charge in [-0.15, -0.1) is 10.2 Å². The summed E-state index contributed by atoms with van der Waals surface area (Å²) in [5, 5.41) is 21.7. The second-order valence-corrected chi connectivity index (χ2v) is 1.39. The van der Waals surface area contributed by atoms with E-state index in [1.807, 2.05) is 0 Å². The zero-order chi connectivity index (χ0) is 6.91. The van der Waals surface area contributed by atoms with Gasteiger partial charge in [-0.25, -0.2) is 0 Å². The fourth-order valence-electron chi connectivity index (χ4n) is 0.278. The number of carbonyl (C=O) groups is 1. The van der Waals surface area contributed by atoms with Gasteiger partial charge in [0.2, 0.25) is 0 Å². The van der Waals surface area contributed by atoms with Gasteiger partial charge >= 0.3 is 29.6 Å². The van der Waals surface area contributed by atoms with Crippen LogP contribution in [0.1, 0.15) is 0 Å². The van der Waals surface area contributed by atoms with E-state index in [0.717, 1.165) is 0 Å². The number of rotatable bonds is 1. The van der Waals surface area contributed by atoms with Gasteiger partial charge in [-0.3, -0.25) is 5.73 Å². The molecule has 0 aromatic rings. The van der Waals surface area contributed by atoms with Gasteiger partial charge < -0.3 is 9.90 Å². The zero-order valence-electron chi connectivity index (χ0n) is 5.18. The Labute approximate surface area is 77.7 Å². The molecule has 0 aromatic heterocycles. The Kier molecular flexibility index (Phi) is 3.03. The van der Waals surface area contributed by atoms with E-state index in [-0.39, 0.29) is 29.6 Å². The summed E-state index contributed by atoms with van der Waals surface area (Å²) < 4.78 is 0. The molecule has 10 heavy (non-hydrogen) atoms. The number of carbonyl (C=O) groups excluding carboxylic acids is 1. The Morgan fingerprint density at radius 3 is 2.00 bits per heavy atom. The van der Waals surface area contributed by atoms with Crippen molar-refractivity contribution in [2.45, 2.75) is 5.79 Å². The second kappa shape index (κ2) is 3.15. The topological polar surface area (TPSA) is 116 Å². The van der Waals surface area contributed by atoms with Crippen LogP contribution >= 0.6 is 0 Å². The molecule has 1 heterocycles. The Hall–Kier alpha value is -0.370. The van der Waals surface area contributed by atoms with Crippen LogP contribution in [0.4, 0.5) is 0 Å². The number of hydrogen-bond donors (Lipinski definition) is 1. The molecule has 8 heteroatoms. The van der Waals surface area contributed by atoms with Gasteiger partial charge in [0.1, 0.15) is 5.97 Å². The summed E-state index contributed by atoms with van der Waals surface area (Å²) >= 11 is 0. The van der Waals surface area contributed by atoms with Crippen LogP contribution in [-0.4, -0.2) is 11.8 Å². The predicted molar refractivity (Wildman–Crippen MR) is 21.6 cm³/mol. The third-order valence-electron chi connectivity index (χ3n) is 0.735. The second-order valence-electron chi connectivity index (χ2n) is 1.39. The number of aliphatic carboxylic acids is 1. The van der Waals surface area contributed by atoms with Crippen LogP contribution in [0, 0.1) is 0 Å². The Balaban J connectivity index is 0.000000810. The molecule has 0 bridgehead atoms. The first-order valence-electron chi connectivity index (χ1n) is 1.99. The maximum atomic E-state index is 9.98. The molecule has 1 aliphatic heterocycles. The minimum atomic E-state index is -2.08. The molecule has 0 atom stereocenters. The van der Waals surface area contributed by atoms with E-state index in [1.165, 1.54) is 0 Å². The van der Waals surface area contributed by atoms with Gasteiger partial charge in [0.15, 0.2) is 0 Å². The fraction of sp³-hybridized carbons (Fsp3) is 0.500. The van der Waals surface area contributed by atoms with E-state index in [0.29, 0.717) is 0 Å². The van der Waals surface area contributed by atoms with Crippen molar-refractivity contribution in [2.24, 2.45) is 26.4 Å². The largest absolute Gasteiger partial charge is 1.00 e. The first kappa shape index (κ1) is 9.63. The molecule has 1 aliphatic rings. The number of carboxylic acids is 1. The number of nitrogens with zero attached hydrogens (tertiary/aromatic N) is 4. The molecule has 7 nitrogen and oxygen atoms in total. The molecule has 0 aromatic carbocycles. The van der Waals surface area contributed by atoms with Crippen LogP contribution in [0.25, 0.3) is 0 Å². The molecule has 0 saturated heterocycles. The van der Waals surface area contributed by atoms with Crippen molar-refractivity contribution in [3.63, 3.8) is 0 Å². The van der Waals surface area contributed by atoms with Crippen molar-refractivity contribution in [3.8, 4) is 0 Å². The SMILES string of the molecule is NC1(C(=O)[O-])N=NN=N1.[Na+]. The quantitative estimate of drug-likeness (QED) is 0.379. The summed E-state index contributed by atoms with van der Waals surface area (Å²) in [6.07, 6.45) is 0. The van der Waals surface area contributed by atoms with E-state index in [2.05, 4.69) is 20.7 Å². The van der Waals surface area contributed by atoms with Crippen molar-refractivity contribution in [3.05, 3.63) is 0 Å². The van der Waals surface area contributed by atoms with Crippen LogP contribution in [0.5, 0.6) is 0 Å². The van der Waals surface area contributed by atoms with E-state index in [4.69, 9.17) is 5.73 Å². The standard InChI is InChI=1S/C2H3N5O2.Na/c3-2(1(8)9)4-6-7-5-2;/h3H2,(H,8,9);/q;+1/p-1. The third-order valence-corrected chi connectivity index (χ3v) is 0.735. The predicted octanol–water partition coefficient (Wildman–Crippen LogP) is -4.81. The zero-order valence-corrected chi connectivity index (χ0v) is 7.18. The van der Waals surface area contributed by atoms with Gasteiger partial charge in [0, 0.05) is 0 Å². The molecular weight excluding hydrogens is 149 g/mol. The number of hydrogen-bond acceptors (Lipinski definition) is 7. The Morgan fingerprint density at radius 1 is 1.40 bits per heavy atom. The van der Waals surface area contributed by atoms with Gasteiger partial charge in [-0.1, -0.05) is 0 Å². The van der Waals surface area contributed by atoms with Crippen molar-refractivity contribution in [1.29, 1.82) is 0 Å². The Bertz CT molecular complexity index is 188. The summed E-state index contributed by atoms with van der Waals surface area (Å²) in [7, 11) is 0. The molecule has 48 valence electrons. The van der Waals surface area contributed by atoms with Crippen LogP contribution in [0.15, 0.2) is 20.7 Å². The first-order valence-corrected chi connectivity index (χ1v) is 1.99. The van der Waals surface area contributed by atoms with Crippen molar-refractivity contribution in [1.82, 2.24) is 0 Å². The molecule has 1 rings (SSSR count). The average Bonchev–Trinajstić information content (AvgIpc) is 2.16. The molecular formula is C2H2N5NaO2. The molecule has 2 N–H and O–H groups in total. The molecule has 0 aliphatic carbocycles. The van der Waals surface area contributed by atoms with Gasteiger partial charge in [0.05, 0.1) is 0 Å². The molecule has 0 radical (unpaired) electrons. The van der Waals surface area contributed by atoms with Crippen LogP contribution in [-0.2, 0) is 4.79 Å². The first-order chi connectivity index (χ1) is 4.15. The summed E-state index contributed by atoms with van der Waals surface area (Å²) in [5.74, 6) is -3.70. The van der Waals surface area contributed by atoms with Gasteiger partial charge in [-0.05, 0) is 10.4 Å². The minimum Gasteiger partial charge on any atom is -0.544 e. The van der Waals surface area contributed by atoms with Crippen LogP contribution in [0.3, 0.4) is 0 Å². The Morgan fingerprint density at radius 2 is 1.80 bits per heavy atom. The van der Waals surface area contributed by atoms with Gasteiger partial charge in [-0.2, -0.15) is 0 Å². The van der Waals surface area contributed by atoms with E-state index in [1.54, 1.807) is 0 Å². The van der Waals surface area contributed by atoms with E-state index >= 15 is 0 Å². The average molecular weight is 151 g/mol. The third kappa shape index (κ3) is 1.57. The summed E-state index contributed by atoms with van der Waals surface area (Å²) in [6, 6.07) is 0.